The van der Waals surface area contributed by atoms with Crippen LogP contribution in [0.2, 0.25) is 0 Å². The molecule has 0 aliphatic carbocycles. The summed E-state index contributed by atoms with van der Waals surface area (Å²) in [5, 5.41) is 18.1. The Morgan fingerprint density at radius 3 is 2.84 bits per heavy atom. The SMILES string of the molecule is Cc1ccc2nc(Nc3ccc4nn(C)cc4c3)c(CO)c(=O)n2c1. The first kappa shape index (κ1) is 15.3. The topological polar surface area (TPSA) is 84.4 Å². The van der Waals surface area contributed by atoms with Gasteiger partial charge in [-0.05, 0) is 36.8 Å². The molecule has 0 fully saturated rings. The number of fused-ring (bicyclic) bond motifs is 2. The number of aliphatic hydroxyl groups is 1. The van der Waals surface area contributed by atoms with Crippen LogP contribution in [0.15, 0.2) is 47.5 Å². The van der Waals surface area contributed by atoms with E-state index in [9.17, 15) is 9.90 Å². The summed E-state index contributed by atoms with van der Waals surface area (Å²) in [6.07, 6.45) is 3.63. The molecule has 7 nitrogen and oxygen atoms in total. The summed E-state index contributed by atoms with van der Waals surface area (Å²) in [7, 11) is 1.87. The fourth-order valence-electron chi connectivity index (χ4n) is 2.89. The molecule has 7 heteroatoms. The first-order valence-electron chi connectivity index (χ1n) is 7.88. The zero-order valence-corrected chi connectivity index (χ0v) is 13.9. The fraction of sp³-hybridized carbons (Fsp3) is 0.167. The van der Waals surface area contributed by atoms with Gasteiger partial charge in [0.15, 0.2) is 0 Å². The van der Waals surface area contributed by atoms with Crippen LogP contribution in [0.3, 0.4) is 0 Å². The van der Waals surface area contributed by atoms with Crippen molar-refractivity contribution in [3.05, 3.63) is 64.2 Å². The molecule has 0 saturated carbocycles. The standard InChI is InChI=1S/C18H17N5O2/c1-11-3-6-16-20-17(14(10-24)18(25)23(16)8-11)19-13-4-5-15-12(7-13)9-22(2)21-15/h3-9,19,24H,10H2,1-2H3. The van der Waals surface area contributed by atoms with E-state index < -0.39 is 0 Å². The number of aromatic nitrogens is 4. The van der Waals surface area contributed by atoms with Crippen molar-refractivity contribution < 1.29 is 5.11 Å². The number of benzene rings is 1. The smallest absolute Gasteiger partial charge is 0.265 e. The second kappa shape index (κ2) is 5.71. The molecule has 0 aliphatic rings. The van der Waals surface area contributed by atoms with Crippen molar-refractivity contribution in [1.82, 2.24) is 19.2 Å². The zero-order valence-electron chi connectivity index (χ0n) is 13.9. The van der Waals surface area contributed by atoms with E-state index in [1.807, 2.05) is 44.4 Å². The third-order valence-electron chi connectivity index (χ3n) is 4.10. The van der Waals surface area contributed by atoms with Gasteiger partial charge in [0.25, 0.3) is 5.56 Å². The van der Waals surface area contributed by atoms with Crippen LogP contribution in [0.25, 0.3) is 16.6 Å². The lowest BCUT2D eigenvalue weighted by Gasteiger charge is -2.12. The third-order valence-corrected chi connectivity index (χ3v) is 4.10. The minimum absolute atomic E-state index is 0.231. The minimum atomic E-state index is -0.389. The highest BCUT2D eigenvalue weighted by Gasteiger charge is 2.13. The Hall–Kier alpha value is -3.19. The molecule has 25 heavy (non-hydrogen) atoms. The normalized spacial score (nSPS) is 11.3. The molecule has 1 aromatic carbocycles. The van der Waals surface area contributed by atoms with E-state index in [1.165, 1.54) is 4.40 Å². The number of pyridine rings is 1. The van der Waals surface area contributed by atoms with Crippen LogP contribution in [0.5, 0.6) is 0 Å². The Morgan fingerprint density at radius 1 is 1.20 bits per heavy atom. The monoisotopic (exact) mass is 335 g/mol. The van der Waals surface area contributed by atoms with Crippen molar-refractivity contribution >= 4 is 28.1 Å². The quantitative estimate of drug-likeness (QED) is 0.599. The maximum atomic E-state index is 12.6. The lowest BCUT2D eigenvalue weighted by molar-refractivity contribution is 0.280. The number of rotatable bonds is 3. The molecule has 4 aromatic rings. The summed E-state index contributed by atoms with van der Waals surface area (Å²) >= 11 is 0. The molecule has 3 aromatic heterocycles. The summed E-state index contributed by atoms with van der Waals surface area (Å²) in [4.78, 5) is 17.1. The lowest BCUT2D eigenvalue weighted by atomic mass is 10.2. The number of anilines is 2. The molecule has 0 spiro atoms. The number of nitrogens with one attached hydrogen (secondary N) is 1. The number of aliphatic hydroxyl groups excluding tert-OH is 1. The Kier molecular flexibility index (Phi) is 3.51. The molecule has 0 saturated heterocycles. The zero-order chi connectivity index (χ0) is 17.6. The first-order chi connectivity index (χ1) is 12.0. The summed E-state index contributed by atoms with van der Waals surface area (Å²) in [5.74, 6) is 0.361. The van der Waals surface area contributed by atoms with Gasteiger partial charge in [-0.25, -0.2) is 4.98 Å². The van der Waals surface area contributed by atoms with Crippen LogP contribution >= 0.6 is 0 Å². The predicted molar refractivity (Wildman–Crippen MR) is 96.1 cm³/mol. The van der Waals surface area contributed by atoms with Gasteiger partial charge < -0.3 is 10.4 Å². The molecule has 0 atom stereocenters. The van der Waals surface area contributed by atoms with Gasteiger partial charge in [-0.2, -0.15) is 5.10 Å². The lowest BCUT2D eigenvalue weighted by Crippen LogP contribution is -2.22. The molecule has 126 valence electrons. The van der Waals surface area contributed by atoms with E-state index in [0.29, 0.717) is 11.5 Å². The highest BCUT2D eigenvalue weighted by molar-refractivity contribution is 5.83. The van der Waals surface area contributed by atoms with E-state index in [1.54, 1.807) is 16.9 Å². The van der Waals surface area contributed by atoms with Crippen molar-refractivity contribution in [1.29, 1.82) is 0 Å². The Bertz CT molecular complexity index is 1160. The molecule has 2 N–H and O–H groups in total. The number of aryl methyl sites for hydroxylation is 2. The van der Waals surface area contributed by atoms with E-state index in [2.05, 4.69) is 15.4 Å². The highest BCUT2D eigenvalue weighted by atomic mass is 16.3. The van der Waals surface area contributed by atoms with E-state index >= 15 is 0 Å². The van der Waals surface area contributed by atoms with Gasteiger partial charge in [0, 0.05) is 30.5 Å². The molecule has 0 bridgehead atoms. The highest BCUT2D eigenvalue weighted by Crippen LogP contribution is 2.22. The summed E-state index contributed by atoms with van der Waals surface area (Å²) in [5.41, 5.74) is 3.09. The summed E-state index contributed by atoms with van der Waals surface area (Å²) < 4.78 is 3.20. The van der Waals surface area contributed by atoms with Gasteiger partial charge >= 0.3 is 0 Å². The largest absolute Gasteiger partial charge is 0.391 e. The van der Waals surface area contributed by atoms with Crippen LogP contribution in [0.4, 0.5) is 11.5 Å². The van der Waals surface area contributed by atoms with Gasteiger partial charge in [0.2, 0.25) is 0 Å². The van der Waals surface area contributed by atoms with Crippen molar-refractivity contribution in [2.75, 3.05) is 5.32 Å². The van der Waals surface area contributed by atoms with Gasteiger partial charge in [-0.15, -0.1) is 0 Å². The molecular formula is C18H17N5O2. The Morgan fingerprint density at radius 2 is 2.04 bits per heavy atom. The number of hydrogen-bond donors (Lipinski definition) is 2. The van der Waals surface area contributed by atoms with Gasteiger partial charge in [-0.1, -0.05) is 6.07 Å². The van der Waals surface area contributed by atoms with Gasteiger partial charge in [0.1, 0.15) is 11.5 Å². The van der Waals surface area contributed by atoms with E-state index in [0.717, 1.165) is 22.2 Å². The van der Waals surface area contributed by atoms with E-state index in [4.69, 9.17) is 0 Å². The van der Waals surface area contributed by atoms with Crippen LogP contribution in [-0.2, 0) is 13.7 Å². The van der Waals surface area contributed by atoms with Crippen LogP contribution in [0.1, 0.15) is 11.1 Å². The van der Waals surface area contributed by atoms with E-state index in [-0.39, 0.29) is 17.7 Å². The predicted octanol–water partition coefficient (Wildman–Crippen LogP) is 2.13. The van der Waals surface area contributed by atoms with Gasteiger partial charge in [-0.3, -0.25) is 13.9 Å². The second-order valence-corrected chi connectivity index (χ2v) is 6.04. The summed E-state index contributed by atoms with van der Waals surface area (Å²) in [6.45, 7) is 1.51. The average molecular weight is 335 g/mol. The molecule has 0 radical (unpaired) electrons. The van der Waals surface area contributed by atoms with Crippen molar-refractivity contribution in [2.24, 2.45) is 7.05 Å². The molecule has 0 amide bonds. The van der Waals surface area contributed by atoms with Crippen LogP contribution in [-0.4, -0.2) is 24.3 Å². The Balaban J connectivity index is 1.84. The molecular weight excluding hydrogens is 318 g/mol. The van der Waals surface area contributed by atoms with Crippen LogP contribution in [0, 0.1) is 6.92 Å². The van der Waals surface area contributed by atoms with Gasteiger partial charge in [0.05, 0.1) is 17.7 Å². The molecule has 0 unspecified atom stereocenters. The Labute approximate surface area is 143 Å². The molecule has 4 rings (SSSR count). The fourth-order valence-corrected chi connectivity index (χ4v) is 2.89. The van der Waals surface area contributed by atoms with Crippen molar-refractivity contribution in [3.8, 4) is 0 Å². The van der Waals surface area contributed by atoms with Crippen molar-refractivity contribution in [3.63, 3.8) is 0 Å². The average Bonchev–Trinajstić information content (AvgIpc) is 2.95. The first-order valence-corrected chi connectivity index (χ1v) is 7.88. The molecule has 3 heterocycles. The molecule has 0 aliphatic heterocycles. The van der Waals surface area contributed by atoms with Crippen molar-refractivity contribution in [2.45, 2.75) is 13.5 Å². The van der Waals surface area contributed by atoms with Crippen LogP contribution < -0.4 is 10.9 Å². The summed E-state index contributed by atoms with van der Waals surface area (Å²) in [6, 6.07) is 9.38. The maximum absolute atomic E-state index is 12.6. The minimum Gasteiger partial charge on any atom is -0.391 e. The maximum Gasteiger partial charge on any atom is 0.265 e. The number of nitrogens with zero attached hydrogens (tertiary/aromatic N) is 4. The number of hydrogen-bond acceptors (Lipinski definition) is 5. The second-order valence-electron chi connectivity index (χ2n) is 6.04. The third kappa shape index (κ3) is 2.64.